The number of hydrogen-bond donors (Lipinski definition) is 0. The summed E-state index contributed by atoms with van der Waals surface area (Å²) in [5.74, 6) is -1.34. The average Bonchev–Trinajstić information content (AvgIpc) is 2.62. The monoisotopic (exact) mass is 350 g/mol. The Hall–Kier alpha value is -2.08. The van der Waals surface area contributed by atoms with Crippen molar-refractivity contribution >= 4 is 11.9 Å². The van der Waals surface area contributed by atoms with Gasteiger partial charge in [0.05, 0.1) is 25.4 Å². The summed E-state index contributed by atoms with van der Waals surface area (Å²) in [6.07, 6.45) is 5.38. The summed E-state index contributed by atoms with van der Waals surface area (Å²) in [6.45, 7) is 4.55. The summed E-state index contributed by atoms with van der Waals surface area (Å²) < 4.78 is 10.6. The molecule has 0 spiro atoms. The fraction of sp³-hybridized carbons (Fsp3) is 0.789. The van der Waals surface area contributed by atoms with E-state index in [-0.39, 0.29) is 38.9 Å². The lowest BCUT2D eigenvalue weighted by Crippen LogP contribution is -2.42. The van der Waals surface area contributed by atoms with Crippen molar-refractivity contribution < 1.29 is 19.1 Å². The Morgan fingerprint density at radius 1 is 0.800 bits per heavy atom. The normalized spacial score (nSPS) is 10.6. The lowest BCUT2D eigenvalue weighted by Gasteiger charge is -2.28. The van der Waals surface area contributed by atoms with Crippen LogP contribution in [-0.2, 0) is 19.1 Å². The van der Waals surface area contributed by atoms with E-state index in [4.69, 9.17) is 20.0 Å². The van der Waals surface area contributed by atoms with Crippen LogP contribution in [0.15, 0.2) is 0 Å². The van der Waals surface area contributed by atoms with Crippen molar-refractivity contribution in [2.75, 3.05) is 13.2 Å². The van der Waals surface area contributed by atoms with Crippen molar-refractivity contribution in [2.24, 2.45) is 5.41 Å². The average molecular weight is 350 g/mol. The molecule has 0 bridgehead atoms. The predicted molar refractivity (Wildman–Crippen MR) is 93.1 cm³/mol. The molecule has 0 saturated heterocycles. The van der Waals surface area contributed by atoms with E-state index in [0.717, 1.165) is 38.5 Å². The summed E-state index contributed by atoms with van der Waals surface area (Å²) in [6, 6.07) is 3.93. The van der Waals surface area contributed by atoms with Gasteiger partial charge in [-0.3, -0.25) is 9.59 Å². The third-order valence-electron chi connectivity index (χ3n) is 4.07. The number of carbonyl (C=O) groups is 2. The zero-order valence-electron chi connectivity index (χ0n) is 15.5. The molecule has 25 heavy (non-hydrogen) atoms. The molecule has 0 unspecified atom stereocenters. The highest BCUT2D eigenvalue weighted by Crippen LogP contribution is 2.33. The fourth-order valence-corrected chi connectivity index (χ4v) is 2.47. The van der Waals surface area contributed by atoms with Gasteiger partial charge in [-0.15, -0.1) is 0 Å². The van der Waals surface area contributed by atoms with Crippen molar-refractivity contribution in [3.63, 3.8) is 0 Å². The van der Waals surface area contributed by atoms with Crippen LogP contribution >= 0.6 is 0 Å². The van der Waals surface area contributed by atoms with E-state index in [1.165, 1.54) is 0 Å². The molecule has 0 atom stereocenters. The minimum atomic E-state index is -1.55. The number of nitrogens with zero attached hydrogens (tertiary/aromatic N) is 2. The number of rotatable bonds is 14. The highest BCUT2D eigenvalue weighted by atomic mass is 16.6. The molecule has 0 aliphatic carbocycles. The predicted octanol–water partition coefficient (Wildman–Crippen LogP) is 4.05. The van der Waals surface area contributed by atoms with E-state index >= 15 is 0 Å². The van der Waals surface area contributed by atoms with Gasteiger partial charge in [-0.05, 0) is 25.7 Å². The number of ether oxygens (including phenoxy) is 2. The first-order valence-corrected chi connectivity index (χ1v) is 9.17. The van der Waals surface area contributed by atoms with Gasteiger partial charge in [0.15, 0.2) is 5.41 Å². The first-order chi connectivity index (χ1) is 12.1. The van der Waals surface area contributed by atoms with Crippen LogP contribution in [0.5, 0.6) is 0 Å². The maximum atomic E-state index is 12.6. The van der Waals surface area contributed by atoms with Gasteiger partial charge in [-0.1, -0.05) is 39.5 Å². The molecule has 0 rings (SSSR count). The Labute approximate surface area is 151 Å². The van der Waals surface area contributed by atoms with Gasteiger partial charge >= 0.3 is 11.9 Å². The number of nitriles is 2. The third-order valence-corrected chi connectivity index (χ3v) is 4.07. The molecule has 140 valence electrons. The molecule has 0 aliphatic rings. The molecule has 0 aromatic rings. The van der Waals surface area contributed by atoms with Crippen LogP contribution in [0.2, 0.25) is 0 Å². The molecule has 0 aromatic heterocycles. The largest absolute Gasteiger partial charge is 0.465 e. The summed E-state index contributed by atoms with van der Waals surface area (Å²) in [5, 5.41) is 17.8. The molecular formula is C19H30N2O4. The second-order valence-electron chi connectivity index (χ2n) is 6.08. The van der Waals surface area contributed by atoms with Gasteiger partial charge in [-0.25, -0.2) is 0 Å². The van der Waals surface area contributed by atoms with Crippen molar-refractivity contribution in [1.29, 1.82) is 10.5 Å². The summed E-state index contributed by atoms with van der Waals surface area (Å²) >= 11 is 0. The van der Waals surface area contributed by atoms with Gasteiger partial charge in [-0.2, -0.15) is 10.5 Å². The SMILES string of the molecule is CCCCCOC(=O)C(CCC#N)(CCC#N)C(=O)OCCCCC. The van der Waals surface area contributed by atoms with Crippen LogP contribution in [0.3, 0.4) is 0 Å². The minimum absolute atomic E-state index is 0.0183. The Morgan fingerprint density at radius 2 is 1.20 bits per heavy atom. The molecule has 0 heterocycles. The van der Waals surface area contributed by atoms with Crippen molar-refractivity contribution in [1.82, 2.24) is 0 Å². The molecule has 6 nitrogen and oxygen atoms in total. The standard InChI is InChI=1S/C19H30N2O4/c1-3-5-7-15-24-17(22)19(11-9-13-20,12-10-14-21)18(23)25-16-8-6-4-2/h3-12,15-16H2,1-2H3. The molecule has 0 radical (unpaired) electrons. The van der Waals surface area contributed by atoms with Gasteiger partial charge in [0.2, 0.25) is 0 Å². The molecule has 0 N–H and O–H groups in total. The molecule has 6 heteroatoms. The molecule has 0 fully saturated rings. The van der Waals surface area contributed by atoms with Crippen LogP contribution in [0.25, 0.3) is 0 Å². The minimum Gasteiger partial charge on any atom is -0.465 e. The number of unbranched alkanes of at least 4 members (excludes halogenated alkanes) is 4. The highest BCUT2D eigenvalue weighted by Gasteiger charge is 2.48. The first kappa shape index (κ1) is 22.9. The van der Waals surface area contributed by atoms with Gasteiger partial charge in [0.1, 0.15) is 0 Å². The van der Waals surface area contributed by atoms with Gasteiger partial charge in [0.25, 0.3) is 0 Å². The molecule has 0 saturated carbocycles. The van der Waals surface area contributed by atoms with E-state index in [0.29, 0.717) is 0 Å². The van der Waals surface area contributed by atoms with E-state index in [1.54, 1.807) is 0 Å². The van der Waals surface area contributed by atoms with E-state index < -0.39 is 17.4 Å². The van der Waals surface area contributed by atoms with Crippen molar-refractivity contribution in [3.05, 3.63) is 0 Å². The van der Waals surface area contributed by atoms with Crippen LogP contribution in [-0.4, -0.2) is 25.2 Å². The maximum absolute atomic E-state index is 12.6. The molecule has 0 aromatic carbocycles. The maximum Gasteiger partial charge on any atom is 0.323 e. The number of carbonyl (C=O) groups excluding carboxylic acids is 2. The second kappa shape index (κ2) is 14.3. The zero-order chi connectivity index (χ0) is 19.0. The van der Waals surface area contributed by atoms with Gasteiger partial charge in [0, 0.05) is 12.8 Å². The quantitative estimate of drug-likeness (QED) is 0.266. The van der Waals surface area contributed by atoms with E-state index in [1.807, 2.05) is 26.0 Å². The summed E-state index contributed by atoms with van der Waals surface area (Å²) in [4.78, 5) is 25.3. The topological polar surface area (TPSA) is 100 Å². The number of esters is 2. The van der Waals surface area contributed by atoms with Crippen LogP contribution < -0.4 is 0 Å². The van der Waals surface area contributed by atoms with E-state index in [2.05, 4.69) is 0 Å². The highest BCUT2D eigenvalue weighted by molar-refractivity contribution is 6.00. The van der Waals surface area contributed by atoms with E-state index in [9.17, 15) is 9.59 Å². The summed E-state index contributed by atoms with van der Waals surface area (Å²) in [7, 11) is 0. The Morgan fingerprint density at radius 3 is 1.52 bits per heavy atom. The summed E-state index contributed by atoms with van der Waals surface area (Å²) in [5.41, 5.74) is -1.55. The van der Waals surface area contributed by atoms with Crippen LogP contribution in [0.1, 0.15) is 78.1 Å². The number of hydrogen-bond acceptors (Lipinski definition) is 6. The van der Waals surface area contributed by atoms with Gasteiger partial charge < -0.3 is 9.47 Å². The van der Waals surface area contributed by atoms with Crippen molar-refractivity contribution in [2.45, 2.75) is 78.1 Å². The Balaban J connectivity index is 5.12. The third kappa shape index (κ3) is 8.54. The van der Waals surface area contributed by atoms with Crippen molar-refractivity contribution in [3.8, 4) is 12.1 Å². The molecular weight excluding hydrogens is 320 g/mol. The van der Waals surface area contributed by atoms with Crippen LogP contribution in [0.4, 0.5) is 0 Å². The first-order valence-electron chi connectivity index (χ1n) is 9.17. The van der Waals surface area contributed by atoms with Crippen LogP contribution in [0, 0.1) is 28.1 Å². The fourth-order valence-electron chi connectivity index (χ4n) is 2.47. The smallest absolute Gasteiger partial charge is 0.323 e. The molecule has 0 amide bonds. The Kier molecular flexibility index (Phi) is 13.1. The lowest BCUT2D eigenvalue weighted by atomic mass is 9.79. The Bertz CT molecular complexity index is 433. The molecule has 0 aliphatic heterocycles. The lowest BCUT2D eigenvalue weighted by molar-refractivity contribution is -0.174. The zero-order valence-corrected chi connectivity index (χ0v) is 15.5. The second-order valence-corrected chi connectivity index (χ2v) is 6.08.